The molecular weight excluding hydrogens is 468 g/mol. The maximum absolute atomic E-state index is 12.6. The molecule has 31 heavy (non-hydrogen) atoms. The van der Waals surface area contributed by atoms with Crippen LogP contribution in [0.3, 0.4) is 0 Å². The lowest BCUT2D eigenvalue weighted by molar-refractivity contribution is -0.139. The molecule has 12 heteroatoms. The van der Waals surface area contributed by atoms with Gasteiger partial charge in [-0.1, -0.05) is 23.7 Å². The fourth-order valence-corrected chi connectivity index (χ4v) is 3.58. The van der Waals surface area contributed by atoms with Crippen LogP contribution in [0.25, 0.3) is 0 Å². The molecule has 0 aliphatic carbocycles. The average molecular weight is 491 g/mol. The Labute approximate surface area is 191 Å². The molecule has 1 atom stereocenters. The summed E-state index contributed by atoms with van der Waals surface area (Å²) in [5.74, 6) is -0.915. The van der Waals surface area contributed by atoms with E-state index in [-0.39, 0.29) is 36.3 Å². The fraction of sp³-hybridized carbons (Fsp3) is 0.421. The third-order valence-electron chi connectivity index (χ3n) is 4.13. The number of carbonyl (C=O) groups excluding carboxylic acids is 2. The van der Waals surface area contributed by atoms with Crippen molar-refractivity contribution in [2.45, 2.75) is 19.4 Å². The first-order chi connectivity index (χ1) is 14.5. The minimum absolute atomic E-state index is 0.127. The highest BCUT2D eigenvalue weighted by Crippen LogP contribution is 2.16. The van der Waals surface area contributed by atoms with Crippen LogP contribution in [0.1, 0.15) is 12.5 Å². The monoisotopic (exact) mass is 490 g/mol. The van der Waals surface area contributed by atoms with Crippen LogP contribution in [0.15, 0.2) is 35.5 Å². The molecule has 0 saturated heterocycles. The van der Waals surface area contributed by atoms with Gasteiger partial charge in [0.15, 0.2) is 14.9 Å². The molecule has 0 aromatic heterocycles. The van der Waals surface area contributed by atoms with Crippen molar-refractivity contribution in [2.24, 2.45) is 0 Å². The predicted octanol–water partition coefficient (Wildman–Crippen LogP) is 1.74. The van der Waals surface area contributed by atoms with Crippen LogP contribution in [0.5, 0.6) is 0 Å². The van der Waals surface area contributed by atoms with Gasteiger partial charge in [-0.15, -0.1) is 0 Å². The molecule has 1 aliphatic heterocycles. The molecule has 2 N–H and O–H groups in total. The highest BCUT2D eigenvalue weighted by molar-refractivity contribution is 7.90. The number of sulfone groups is 1. The van der Waals surface area contributed by atoms with Crippen LogP contribution in [0.2, 0.25) is 5.02 Å². The molecule has 0 spiro atoms. The molecule has 170 valence electrons. The lowest BCUT2D eigenvalue weighted by atomic mass is 10.0. The van der Waals surface area contributed by atoms with Gasteiger partial charge in [0.05, 0.1) is 24.0 Å². The quantitative estimate of drug-likeness (QED) is 0.391. The molecule has 0 fully saturated rings. The van der Waals surface area contributed by atoms with Gasteiger partial charge in [-0.2, -0.15) is 0 Å². The molecule has 0 bridgehead atoms. The van der Waals surface area contributed by atoms with E-state index in [1.54, 1.807) is 19.1 Å². The summed E-state index contributed by atoms with van der Waals surface area (Å²) in [6.07, 6.45) is 0.451. The number of ether oxygens (including phenoxy) is 3. The summed E-state index contributed by atoms with van der Waals surface area (Å²) in [6.45, 7) is 1.18. The first kappa shape index (κ1) is 24.9. The van der Waals surface area contributed by atoms with E-state index >= 15 is 0 Å². The Morgan fingerprint density at radius 1 is 1.19 bits per heavy atom. The van der Waals surface area contributed by atoms with Crippen LogP contribution >= 0.6 is 23.8 Å². The Hall–Kier alpha value is -2.37. The number of benzene rings is 1. The number of esters is 1. The lowest BCUT2D eigenvalue weighted by Gasteiger charge is -2.29. The Morgan fingerprint density at radius 3 is 2.61 bits per heavy atom. The second-order valence-electron chi connectivity index (χ2n) is 6.74. The minimum atomic E-state index is -3.27. The first-order valence-corrected chi connectivity index (χ1v) is 12.1. The minimum Gasteiger partial charge on any atom is -0.462 e. The topological polar surface area (TPSA) is 120 Å². The smallest absolute Gasteiger partial charge is 0.462 e. The van der Waals surface area contributed by atoms with Gasteiger partial charge in [0.1, 0.15) is 13.2 Å². The van der Waals surface area contributed by atoms with Crippen molar-refractivity contribution in [2.75, 3.05) is 31.8 Å². The zero-order valence-corrected chi connectivity index (χ0v) is 19.4. The number of hydrogen-bond donors (Lipinski definition) is 2. The fourth-order valence-electron chi connectivity index (χ4n) is 2.69. The molecule has 0 saturated carbocycles. The number of thiocarbonyl (C=S) groups is 1. The van der Waals surface area contributed by atoms with Crippen molar-refractivity contribution in [1.82, 2.24) is 10.6 Å². The van der Waals surface area contributed by atoms with Crippen LogP contribution in [0.4, 0.5) is 4.79 Å². The van der Waals surface area contributed by atoms with Crippen molar-refractivity contribution in [3.63, 3.8) is 0 Å². The molecule has 1 aliphatic rings. The number of nitrogens with one attached hydrogen (secondary N) is 2. The predicted molar refractivity (Wildman–Crippen MR) is 118 cm³/mol. The summed E-state index contributed by atoms with van der Waals surface area (Å²) in [5, 5.41) is 6.53. The number of rotatable bonds is 9. The highest BCUT2D eigenvalue weighted by Gasteiger charge is 2.31. The summed E-state index contributed by atoms with van der Waals surface area (Å²) in [4.78, 5) is 24.4. The van der Waals surface area contributed by atoms with Crippen molar-refractivity contribution < 1.29 is 32.2 Å². The van der Waals surface area contributed by atoms with E-state index in [1.807, 2.05) is 12.1 Å². The average Bonchev–Trinajstić information content (AvgIpc) is 2.65. The van der Waals surface area contributed by atoms with Gasteiger partial charge >= 0.3 is 12.1 Å². The SMILES string of the molecule is CC1=C(C(=O)OCCc2cccc(Cl)c2)C(COC(=O)OCCS(C)(=O)=O)NC(=S)N1. The second kappa shape index (κ2) is 11.3. The molecule has 0 radical (unpaired) electrons. The van der Waals surface area contributed by atoms with Crippen LogP contribution in [0, 0.1) is 0 Å². The molecule has 1 aromatic rings. The summed E-state index contributed by atoms with van der Waals surface area (Å²) in [6, 6.07) is 6.47. The molecule has 1 unspecified atom stereocenters. The Morgan fingerprint density at radius 2 is 1.94 bits per heavy atom. The standard InChI is InChI=1S/C19H23ClN2O7S2/c1-12-16(17(23)27-7-6-13-4-3-5-14(20)10-13)15(22-18(30)21-12)11-29-19(24)28-8-9-31(2,25)26/h3-5,10,15H,6-9,11H2,1-2H3,(H2,21,22,30). The van der Waals surface area contributed by atoms with Gasteiger partial charge < -0.3 is 24.8 Å². The van der Waals surface area contributed by atoms with E-state index in [9.17, 15) is 18.0 Å². The third-order valence-corrected chi connectivity index (χ3v) is 5.50. The van der Waals surface area contributed by atoms with E-state index in [0.717, 1.165) is 11.8 Å². The van der Waals surface area contributed by atoms with Crippen molar-refractivity contribution in [3.8, 4) is 0 Å². The van der Waals surface area contributed by atoms with E-state index < -0.39 is 28.0 Å². The van der Waals surface area contributed by atoms with Gasteiger partial charge in [0.25, 0.3) is 0 Å². The molecule has 9 nitrogen and oxygen atoms in total. The van der Waals surface area contributed by atoms with Crippen LogP contribution in [-0.2, 0) is 35.3 Å². The second-order valence-corrected chi connectivity index (χ2v) is 9.85. The van der Waals surface area contributed by atoms with Gasteiger partial charge in [-0.3, -0.25) is 0 Å². The normalized spacial score (nSPS) is 16.2. The maximum atomic E-state index is 12.6. The summed E-state index contributed by atoms with van der Waals surface area (Å²) >= 11 is 11.0. The molecule has 0 amide bonds. The zero-order chi connectivity index (χ0) is 23.0. The maximum Gasteiger partial charge on any atom is 0.508 e. The van der Waals surface area contributed by atoms with E-state index in [2.05, 4.69) is 10.6 Å². The largest absolute Gasteiger partial charge is 0.508 e. The van der Waals surface area contributed by atoms with Crippen molar-refractivity contribution in [3.05, 3.63) is 46.1 Å². The van der Waals surface area contributed by atoms with Crippen molar-refractivity contribution >= 4 is 50.9 Å². The van der Waals surface area contributed by atoms with Crippen LogP contribution < -0.4 is 10.6 Å². The Balaban J connectivity index is 1.92. The Kier molecular flexibility index (Phi) is 9.08. The summed E-state index contributed by atoms with van der Waals surface area (Å²) in [7, 11) is -3.27. The molecular formula is C19H23ClN2O7S2. The molecule has 2 rings (SSSR count). The molecule has 1 heterocycles. The third kappa shape index (κ3) is 8.72. The zero-order valence-electron chi connectivity index (χ0n) is 17.0. The van der Waals surface area contributed by atoms with Gasteiger partial charge in [-0.05, 0) is 36.8 Å². The van der Waals surface area contributed by atoms with Crippen molar-refractivity contribution in [1.29, 1.82) is 0 Å². The van der Waals surface area contributed by atoms with Crippen LogP contribution in [-0.4, -0.2) is 63.5 Å². The first-order valence-electron chi connectivity index (χ1n) is 9.22. The summed E-state index contributed by atoms with van der Waals surface area (Å²) in [5.41, 5.74) is 1.61. The molecule has 1 aromatic carbocycles. The van der Waals surface area contributed by atoms with E-state index in [1.165, 1.54) is 0 Å². The number of allylic oxidation sites excluding steroid dienone is 1. The Bertz CT molecular complexity index is 979. The number of carbonyl (C=O) groups is 2. The van der Waals surface area contributed by atoms with E-state index in [0.29, 0.717) is 17.1 Å². The van der Waals surface area contributed by atoms with Gasteiger partial charge in [-0.25, -0.2) is 18.0 Å². The number of hydrogen-bond acceptors (Lipinski definition) is 8. The highest BCUT2D eigenvalue weighted by atomic mass is 35.5. The number of halogens is 1. The lowest BCUT2D eigenvalue weighted by Crippen LogP contribution is -2.52. The van der Waals surface area contributed by atoms with Gasteiger partial charge in [0, 0.05) is 23.4 Å². The summed E-state index contributed by atoms with van der Waals surface area (Å²) < 4.78 is 37.2. The van der Waals surface area contributed by atoms with E-state index in [4.69, 9.17) is 38.0 Å². The van der Waals surface area contributed by atoms with Gasteiger partial charge in [0.2, 0.25) is 0 Å².